The van der Waals surface area contributed by atoms with Crippen molar-refractivity contribution in [3.63, 3.8) is 0 Å². The van der Waals surface area contributed by atoms with Crippen molar-refractivity contribution in [2.45, 2.75) is 19.3 Å². The third kappa shape index (κ3) is 4.77. The van der Waals surface area contributed by atoms with Crippen LogP contribution >= 0.6 is 0 Å². The summed E-state index contributed by atoms with van der Waals surface area (Å²) in [5.41, 5.74) is 0.855. The Hall–Kier alpha value is -1.04. The molecule has 0 saturated carbocycles. The van der Waals surface area contributed by atoms with Gasteiger partial charge in [-0.2, -0.15) is 0 Å². The zero-order chi connectivity index (χ0) is 12.7. The molecule has 0 aromatic heterocycles. The molecule has 0 aliphatic heterocycles. The fourth-order valence-electron chi connectivity index (χ4n) is 1.44. The molecule has 1 N–H and O–H groups in total. The maximum atomic E-state index is 12.4. The smallest absolute Gasteiger partial charge is 0.263 e. The molecule has 0 aliphatic carbocycles. The fraction of sp³-hybridized carbons (Fsp3) is 0.500. The first-order valence-electron chi connectivity index (χ1n) is 5.30. The molecule has 0 atom stereocenters. The van der Waals surface area contributed by atoms with Gasteiger partial charge in [0.1, 0.15) is 0 Å². The van der Waals surface area contributed by atoms with Gasteiger partial charge in [0.25, 0.3) is 6.43 Å². The highest BCUT2D eigenvalue weighted by Crippen LogP contribution is 2.19. The summed E-state index contributed by atoms with van der Waals surface area (Å²) in [6.07, 6.45) is -2.76. The van der Waals surface area contributed by atoms with Crippen molar-refractivity contribution < 1.29 is 18.3 Å². The van der Waals surface area contributed by atoms with Crippen LogP contribution < -0.4 is 5.32 Å². The number of halogens is 2. The van der Waals surface area contributed by atoms with Gasteiger partial charge in [0.2, 0.25) is 0 Å². The van der Waals surface area contributed by atoms with Gasteiger partial charge in [0.15, 0.2) is 6.29 Å². The number of benzene rings is 1. The lowest BCUT2D eigenvalue weighted by atomic mass is 10.1. The summed E-state index contributed by atoms with van der Waals surface area (Å²) >= 11 is 0. The Bertz CT molecular complexity index is 330. The fourth-order valence-corrected chi connectivity index (χ4v) is 1.44. The molecule has 0 saturated heterocycles. The van der Waals surface area contributed by atoms with E-state index in [4.69, 9.17) is 9.47 Å². The Labute approximate surface area is 99.7 Å². The number of methoxy groups -OCH3 is 2. The Kier molecular flexibility index (Phi) is 6.04. The van der Waals surface area contributed by atoms with Crippen molar-refractivity contribution in [3.8, 4) is 0 Å². The maximum absolute atomic E-state index is 12.4. The van der Waals surface area contributed by atoms with Gasteiger partial charge in [0.05, 0.1) is 0 Å². The van der Waals surface area contributed by atoms with E-state index >= 15 is 0 Å². The van der Waals surface area contributed by atoms with E-state index in [1.807, 2.05) is 0 Å². The largest absolute Gasteiger partial charge is 0.355 e. The Morgan fingerprint density at radius 3 is 2.53 bits per heavy atom. The van der Waals surface area contributed by atoms with Gasteiger partial charge in [-0.25, -0.2) is 8.78 Å². The molecular formula is C12H17F2NO2. The van der Waals surface area contributed by atoms with E-state index in [1.165, 1.54) is 12.1 Å². The number of hydrogen-bond acceptors (Lipinski definition) is 3. The van der Waals surface area contributed by atoms with Crippen LogP contribution in [0.15, 0.2) is 24.3 Å². The van der Waals surface area contributed by atoms with Crippen LogP contribution in [0.5, 0.6) is 0 Å². The average Bonchev–Trinajstić information content (AvgIpc) is 2.35. The molecule has 3 nitrogen and oxygen atoms in total. The molecule has 0 unspecified atom stereocenters. The zero-order valence-electron chi connectivity index (χ0n) is 9.95. The molecule has 0 aliphatic rings. The maximum Gasteiger partial charge on any atom is 0.263 e. The van der Waals surface area contributed by atoms with Gasteiger partial charge in [-0.1, -0.05) is 18.2 Å². The molecule has 0 bridgehead atoms. The molecule has 96 valence electrons. The Morgan fingerprint density at radius 2 is 1.94 bits per heavy atom. The third-order valence-electron chi connectivity index (χ3n) is 2.37. The lowest BCUT2D eigenvalue weighted by Crippen LogP contribution is -2.29. The molecular weight excluding hydrogens is 228 g/mol. The molecule has 0 radical (unpaired) electrons. The normalized spacial score (nSPS) is 11.4. The van der Waals surface area contributed by atoms with Crippen molar-refractivity contribution in [1.82, 2.24) is 5.32 Å². The van der Waals surface area contributed by atoms with Crippen LogP contribution in [0.3, 0.4) is 0 Å². The Morgan fingerprint density at radius 1 is 1.24 bits per heavy atom. The van der Waals surface area contributed by atoms with E-state index < -0.39 is 6.43 Å². The number of rotatable bonds is 7. The SMILES string of the molecule is COC(CNCc1cccc(C(F)F)c1)OC. The number of ether oxygens (including phenoxy) is 2. The summed E-state index contributed by atoms with van der Waals surface area (Å²) in [4.78, 5) is 0. The molecule has 1 aromatic carbocycles. The first-order valence-corrected chi connectivity index (χ1v) is 5.30. The van der Waals surface area contributed by atoms with Crippen LogP contribution in [0.1, 0.15) is 17.6 Å². The minimum atomic E-state index is -2.43. The van der Waals surface area contributed by atoms with Crippen LogP contribution in [0.2, 0.25) is 0 Å². The molecule has 5 heteroatoms. The number of alkyl halides is 2. The third-order valence-corrected chi connectivity index (χ3v) is 2.37. The van der Waals surface area contributed by atoms with Gasteiger partial charge < -0.3 is 14.8 Å². The summed E-state index contributed by atoms with van der Waals surface area (Å²) in [5.74, 6) is 0. The monoisotopic (exact) mass is 245 g/mol. The Balaban J connectivity index is 2.43. The summed E-state index contributed by atoms with van der Waals surface area (Å²) in [7, 11) is 3.10. The van der Waals surface area contributed by atoms with E-state index in [0.29, 0.717) is 13.1 Å². The van der Waals surface area contributed by atoms with Gasteiger partial charge in [-0.05, 0) is 11.6 Å². The van der Waals surface area contributed by atoms with Crippen LogP contribution in [0, 0.1) is 0 Å². The van der Waals surface area contributed by atoms with E-state index in [0.717, 1.165) is 5.56 Å². The topological polar surface area (TPSA) is 30.5 Å². The lowest BCUT2D eigenvalue weighted by molar-refractivity contribution is -0.0989. The summed E-state index contributed by atoms with van der Waals surface area (Å²) in [5, 5.41) is 3.07. The van der Waals surface area contributed by atoms with Crippen LogP contribution in [0.4, 0.5) is 8.78 Å². The van der Waals surface area contributed by atoms with Crippen LogP contribution in [0.25, 0.3) is 0 Å². The summed E-state index contributed by atoms with van der Waals surface area (Å²) in [6.45, 7) is 1.01. The van der Waals surface area contributed by atoms with E-state index in [1.54, 1.807) is 26.4 Å². The van der Waals surface area contributed by atoms with E-state index in [2.05, 4.69) is 5.32 Å². The molecule has 0 spiro atoms. The minimum Gasteiger partial charge on any atom is -0.355 e. The number of nitrogens with one attached hydrogen (secondary N) is 1. The van der Waals surface area contributed by atoms with Gasteiger partial charge in [-0.3, -0.25) is 0 Å². The summed E-state index contributed by atoms with van der Waals surface area (Å²) in [6, 6.07) is 6.34. The van der Waals surface area contributed by atoms with Crippen LogP contribution in [-0.4, -0.2) is 27.1 Å². The molecule has 0 heterocycles. The highest BCUT2D eigenvalue weighted by Gasteiger charge is 2.07. The second-order valence-electron chi connectivity index (χ2n) is 3.58. The average molecular weight is 245 g/mol. The highest BCUT2D eigenvalue weighted by molar-refractivity contribution is 5.24. The second kappa shape index (κ2) is 7.32. The first kappa shape index (κ1) is 14.0. The van der Waals surface area contributed by atoms with Crippen molar-refractivity contribution in [2.24, 2.45) is 0 Å². The van der Waals surface area contributed by atoms with Gasteiger partial charge >= 0.3 is 0 Å². The standard InChI is InChI=1S/C12H17F2NO2/c1-16-11(17-2)8-15-7-9-4-3-5-10(6-9)12(13)14/h3-6,11-12,15H,7-8H2,1-2H3. The first-order chi connectivity index (χ1) is 8.17. The van der Waals surface area contributed by atoms with Crippen molar-refractivity contribution >= 4 is 0 Å². The van der Waals surface area contributed by atoms with Crippen molar-refractivity contribution in [1.29, 1.82) is 0 Å². The van der Waals surface area contributed by atoms with E-state index in [9.17, 15) is 8.78 Å². The van der Waals surface area contributed by atoms with E-state index in [-0.39, 0.29) is 11.9 Å². The van der Waals surface area contributed by atoms with Gasteiger partial charge in [-0.15, -0.1) is 0 Å². The molecule has 0 amide bonds. The molecule has 1 rings (SSSR count). The van der Waals surface area contributed by atoms with Crippen molar-refractivity contribution in [2.75, 3.05) is 20.8 Å². The van der Waals surface area contributed by atoms with Crippen LogP contribution in [-0.2, 0) is 16.0 Å². The van der Waals surface area contributed by atoms with Gasteiger partial charge in [0, 0.05) is 32.9 Å². The minimum absolute atomic E-state index is 0.0410. The second-order valence-corrected chi connectivity index (χ2v) is 3.58. The zero-order valence-corrected chi connectivity index (χ0v) is 9.95. The molecule has 0 fully saturated rings. The molecule has 1 aromatic rings. The highest BCUT2D eigenvalue weighted by atomic mass is 19.3. The lowest BCUT2D eigenvalue weighted by Gasteiger charge is -2.14. The predicted molar refractivity (Wildman–Crippen MR) is 60.9 cm³/mol. The van der Waals surface area contributed by atoms with Crippen molar-refractivity contribution in [3.05, 3.63) is 35.4 Å². The summed E-state index contributed by atoms with van der Waals surface area (Å²) < 4.78 is 34.9. The molecule has 17 heavy (non-hydrogen) atoms. The number of hydrogen-bond donors (Lipinski definition) is 1. The predicted octanol–water partition coefficient (Wildman–Crippen LogP) is 2.33. The quantitative estimate of drug-likeness (QED) is 0.748.